The summed E-state index contributed by atoms with van der Waals surface area (Å²) in [6.45, 7) is 2.19. The number of benzene rings is 2. The van der Waals surface area contributed by atoms with E-state index in [1.807, 2.05) is 42.5 Å². The molecule has 4 rings (SSSR count). The Hall–Kier alpha value is -2.73. The second-order valence-electron chi connectivity index (χ2n) is 7.40. The third-order valence-electron chi connectivity index (χ3n) is 5.39. The van der Waals surface area contributed by atoms with Crippen molar-refractivity contribution in [2.45, 2.75) is 19.3 Å². The van der Waals surface area contributed by atoms with Crippen LogP contribution in [0.2, 0.25) is 5.02 Å². The molecule has 0 spiro atoms. The van der Waals surface area contributed by atoms with Crippen LogP contribution >= 0.6 is 11.6 Å². The second kappa shape index (κ2) is 8.74. The van der Waals surface area contributed by atoms with Gasteiger partial charge >= 0.3 is 0 Å². The number of hydrogen-bond donors (Lipinski definition) is 2. The van der Waals surface area contributed by atoms with Crippen molar-refractivity contribution in [2.75, 3.05) is 31.6 Å². The molecule has 0 aliphatic carbocycles. The fraction of sp³-hybridized carbons (Fsp3) is 0.364. The predicted octanol–water partition coefficient (Wildman–Crippen LogP) is 3.80. The number of piperidine rings is 1. The first-order chi connectivity index (χ1) is 14.1. The van der Waals surface area contributed by atoms with Crippen molar-refractivity contribution >= 4 is 34.5 Å². The molecule has 1 saturated heterocycles. The summed E-state index contributed by atoms with van der Waals surface area (Å²) in [5.74, 6) is 1.69. The number of nitrogens with zero attached hydrogens (tertiary/aromatic N) is 2. The third-order valence-corrected chi connectivity index (χ3v) is 5.65. The Labute approximate surface area is 175 Å². The number of methoxy groups -OCH3 is 1. The molecule has 2 N–H and O–H groups in total. The van der Waals surface area contributed by atoms with Gasteiger partial charge in [-0.15, -0.1) is 0 Å². The van der Waals surface area contributed by atoms with Gasteiger partial charge in [0.05, 0.1) is 24.1 Å². The lowest BCUT2D eigenvalue weighted by atomic mass is 9.97. The van der Waals surface area contributed by atoms with Crippen LogP contribution in [0.4, 0.5) is 5.95 Å². The summed E-state index contributed by atoms with van der Waals surface area (Å²) in [6.07, 6.45) is 2.66. The largest absolute Gasteiger partial charge is 0.497 e. The van der Waals surface area contributed by atoms with Crippen LogP contribution in [0.3, 0.4) is 0 Å². The summed E-state index contributed by atoms with van der Waals surface area (Å²) in [5, 5.41) is 3.81. The molecule has 1 amide bonds. The van der Waals surface area contributed by atoms with Crippen molar-refractivity contribution in [1.29, 1.82) is 0 Å². The average Bonchev–Trinajstić information content (AvgIpc) is 3.18. The van der Waals surface area contributed by atoms with Gasteiger partial charge < -0.3 is 19.9 Å². The van der Waals surface area contributed by atoms with E-state index in [0.717, 1.165) is 59.1 Å². The highest BCUT2D eigenvalue weighted by molar-refractivity contribution is 6.30. The maximum atomic E-state index is 12.7. The van der Waals surface area contributed by atoms with Crippen LogP contribution in [0.15, 0.2) is 42.5 Å². The lowest BCUT2D eigenvalue weighted by Gasteiger charge is -2.31. The Morgan fingerprint density at radius 3 is 2.93 bits per heavy atom. The van der Waals surface area contributed by atoms with Gasteiger partial charge in [0.25, 0.3) is 0 Å². The van der Waals surface area contributed by atoms with Gasteiger partial charge in [-0.2, -0.15) is 0 Å². The number of halogens is 1. The summed E-state index contributed by atoms with van der Waals surface area (Å²) in [5.41, 5.74) is 3.00. The molecule has 0 bridgehead atoms. The van der Waals surface area contributed by atoms with Crippen LogP contribution in [0, 0.1) is 5.92 Å². The first-order valence-electron chi connectivity index (χ1n) is 9.93. The number of ether oxygens (including phenoxy) is 1. The summed E-state index contributed by atoms with van der Waals surface area (Å²) in [4.78, 5) is 22.9. The lowest BCUT2D eigenvalue weighted by Crippen LogP contribution is -2.43. The first-order valence-corrected chi connectivity index (χ1v) is 10.3. The number of fused-ring (bicyclic) bond motifs is 1. The van der Waals surface area contributed by atoms with E-state index in [-0.39, 0.29) is 11.8 Å². The Morgan fingerprint density at radius 2 is 2.14 bits per heavy atom. The van der Waals surface area contributed by atoms with Gasteiger partial charge in [-0.25, -0.2) is 4.98 Å². The minimum atomic E-state index is -0.0308. The van der Waals surface area contributed by atoms with Gasteiger partial charge in [0, 0.05) is 30.7 Å². The number of aromatic nitrogens is 2. The molecule has 2 aromatic carbocycles. The number of carbonyl (C=O) groups is 1. The van der Waals surface area contributed by atoms with Crippen LogP contribution in [0.25, 0.3) is 11.0 Å². The van der Waals surface area contributed by atoms with E-state index in [0.29, 0.717) is 13.1 Å². The molecular weight excluding hydrogens is 388 g/mol. The Morgan fingerprint density at radius 1 is 1.31 bits per heavy atom. The van der Waals surface area contributed by atoms with E-state index in [9.17, 15) is 4.79 Å². The molecule has 1 fully saturated rings. The summed E-state index contributed by atoms with van der Waals surface area (Å²) >= 11 is 5.91. The van der Waals surface area contributed by atoms with Crippen LogP contribution < -0.4 is 15.0 Å². The van der Waals surface area contributed by atoms with Crippen LogP contribution in [-0.2, 0) is 11.2 Å². The third kappa shape index (κ3) is 4.65. The van der Waals surface area contributed by atoms with E-state index in [2.05, 4.69) is 20.2 Å². The fourth-order valence-corrected chi connectivity index (χ4v) is 3.89. The van der Waals surface area contributed by atoms with Crippen molar-refractivity contribution in [1.82, 2.24) is 15.3 Å². The molecule has 2 heterocycles. The minimum Gasteiger partial charge on any atom is -0.497 e. The van der Waals surface area contributed by atoms with Crippen LogP contribution in [-0.4, -0.2) is 42.6 Å². The number of rotatable bonds is 6. The van der Waals surface area contributed by atoms with Gasteiger partial charge in [0.1, 0.15) is 5.75 Å². The van der Waals surface area contributed by atoms with E-state index in [1.54, 1.807) is 7.11 Å². The highest BCUT2D eigenvalue weighted by Gasteiger charge is 2.27. The van der Waals surface area contributed by atoms with E-state index >= 15 is 0 Å². The van der Waals surface area contributed by atoms with Crippen molar-refractivity contribution in [2.24, 2.45) is 5.92 Å². The molecule has 1 atom stereocenters. The molecule has 1 aliphatic rings. The molecule has 0 saturated carbocycles. The van der Waals surface area contributed by atoms with Gasteiger partial charge in [-0.1, -0.05) is 23.7 Å². The molecule has 1 aromatic heterocycles. The molecule has 1 aliphatic heterocycles. The second-order valence-corrected chi connectivity index (χ2v) is 7.83. The lowest BCUT2D eigenvalue weighted by molar-refractivity contribution is -0.125. The van der Waals surface area contributed by atoms with Gasteiger partial charge in [0.2, 0.25) is 11.9 Å². The topological polar surface area (TPSA) is 70.2 Å². The normalized spacial score (nSPS) is 16.8. The standard InChI is InChI=1S/C22H25ClN4O2/c1-29-18-8-9-19-20(13-18)26-22(25-19)27-12-2-3-16(14-27)21(28)24-11-10-15-4-6-17(23)7-5-15/h4-9,13,16H,2-3,10-12,14H2,1H3,(H,24,28)(H,25,26)/t16-/m1/s1. The Balaban J connectivity index is 1.35. The highest BCUT2D eigenvalue weighted by atomic mass is 35.5. The zero-order valence-electron chi connectivity index (χ0n) is 16.5. The minimum absolute atomic E-state index is 0.0308. The zero-order valence-corrected chi connectivity index (χ0v) is 17.2. The Kier molecular flexibility index (Phi) is 5.90. The van der Waals surface area contributed by atoms with Crippen molar-refractivity contribution < 1.29 is 9.53 Å². The van der Waals surface area contributed by atoms with Gasteiger partial charge in [-0.3, -0.25) is 4.79 Å². The number of anilines is 1. The summed E-state index contributed by atoms with van der Waals surface area (Å²) in [7, 11) is 1.65. The molecule has 7 heteroatoms. The summed E-state index contributed by atoms with van der Waals surface area (Å²) < 4.78 is 5.28. The monoisotopic (exact) mass is 412 g/mol. The number of aromatic amines is 1. The number of nitrogens with one attached hydrogen (secondary N) is 2. The van der Waals surface area contributed by atoms with E-state index < -0.39 is 0 Å². The maximum Gasteiger partial charge on any atom is 0.224 e. The van der Waals surface area contributed by atoms with E-state index in [1.165, 1.54) is 0 Å². The molecule has 152 valence electrons. The first kappa shape index (κ1) is 19.6. The SMILES string of the molecule is COc1ccc2nc(N3CCC[C@@H](C(=O)NCCc4ccc(Cl)cc4)C3)[nH]c2c1. The highest BCUT2D eigenvalue weighted by Crippen LogP contribution is 2.25. The van der Waals surface area contributed by atoms with Crippen molar-refractivity contribution in [3.05, 3.63) is 53.1 Å². The smallest absolute Gasteiger partial charge is 0.224 e. The number of imidazole rings is 1. The molecule has 0 unspecified atom stereocenters. The Bertz CT molecular complexity index is 986. The maximum absolute atomic E-state index is 12.7. The van der Waals surface area contributed by atoms with Crippen molar-refractivity contribution in [3.8, 4) is 5.75 Å². The molecule has 29 heavy (non-hydrogen) atoms. The fourth-order valence-electron chi connectivity index (χ4n) is 3.76. The molecular formula is C22H25ClN4O2. The quantitative estimate of drug-likeness (QED) is 0.646. The van der Waals surface area contributed by atoms with Gasteiger partial charge in [0.15, 0.2) is 0 Å². The van der Waals surface area contributed by atoms with Crippen molar-refractivity contribution in [3.63, 3.8) is 0 Å². The zero-order chi connectivity index (χ0) is 20.2. The number of hydrogen-bond acceptors (Lipinski definition) is 4. The average molecular weight is 413 g/mol. The van der Waals surface area contributed by atoms with E-state index in [4.69, 9.17) is 16.3 Å². The summed E-state index contributed by atoms with van der Waals surface area (Å²) in [6, 6.07) is 13.5. The number of amides is 1. The van der Waals surface area contributed by atoms with Crippen LogP contribution in [0.1, 0.15) is 18.4 Å². The van der Waals surface area contributed by atoms with Gasteiger partial charge in [-0.05, 0) is 49.1 Å². The number of carbonyl (C=O) groups excluding carboxylic acids is 1. The molecule has 6 nitrogen and oxygen atoms in total. The molecule has 3 aromatic rings. The van der Waals surface area contributed by atoms with Crippen LogP contribution in [0.5, 0.6) is 5.75 Å². The molecule has 0 radical (unpaired) electrons. The predicted molar refractivity (Wildman–Crippen MR) is 116 cm³/mol. The number of H-pyrrole nitrogens is 1.